The van der Waals surface area contributed by atoms with Crippen molar-refractivity contribution in [3.63, 3.8) is 0 Å². The Balaban J connectivity index is 1.52. The molecule has 1 aromatic carbocycles. The highest BCUT2D eigenvalue weighted by Crippen LogP contribution is 2.21. The maximum atomic E-state index is 12.4. The predicted octanol–water partition coefficient (Wildman–Crippen LogP) is 2.82. The zero-order valence-corrected chi connectivity index (χ0v) is 14.5. The lowest BCUT2D eigenvalue weighted by atomic mass is 9.99. The number of ether oxygens (including phenoxy) is 1. The number of likely N-dealkylation sites (N-methyl/N-ethyl adjacent to an activating group) is 1. The largest absolute Gasteiger partial charge is 0.371 e. The molecule has 5 nitrogen and oxygen atoms in total. The van der Waals surface area contributed by atoms with Crippen molar-refractivity contribution in [3.8, 4) is 0 Å². The molecule has 1 atom stereocenters. The SMILES string of the molecule is Cc1noc(C)c1CCC(=O)N(C)CC1Cc2ccccc2CO1. The Labute approximate surface area is 142 Å². The number of nitrogens with zero attached hydrogens (tertiary/aromatic N) is 2. The van der Waals surface area contributed by atoms with Gasteiger partial charge in [-0.25, -0.2) is 0 Å². The van der Waals surface area contributed by atoms with Gasteiger partial charge in [0.15, 0.2) is 0 Å². The second kappa shape index (κ2) is 7.18. The summed E-state index contributed by atoms with van der Waals surface area (Å²) in [5.41, 5.74) is 4.49. The third-order valence-corrected chi connectivity index (χ3v) is 4.71. The summed E-state index contributed by atoms with van der Waals surface area (Å²) in [5.74, 6) is 0.924. The van der Waals surface area contributed by atoms with Crippen LogP contribution in [0.1, 0.15) is 34.6 Å². The standard InChI is InChI=1S/C19H24N2O3/c1-13-18(14(2)24-20-13)8-9-19(22)21(3)11-17-10-15-6-4-5-7-16(15)12-23-17/h4-7,17H,8-12H2,1-3H3. The maximum Gasteiger partial charge on any atom is 0.222 e. The van der Waals surface area contributed by atoms with Gasteiger partial charge in [0.05, 0.1) is 18.4 Å². The van der Waals surface area contributed by atoms with Crippen molar-refractivity contribution in [1.82, 2.24) is 10.1 Å². The first kappa shape index (κ1) is 16.7. The number of amides is 1. The van der Waals surface area contributed by atoms with Crippen molar-refractivity contribution in [2.75, 3.05) is 13.6 Å². The molecule has 2 heterocycles. The number of benzene rings is 1. The van der Waals surface area contributed by atoms with Gasteiger partial charge in [-0.3, -0.25) is 4.79 Å². The van der Waals surface area contributed by atoms with Crippen LogP contribution in [0, 0.1) is 13.8 Å². The Morgan fingerprint density at radius 2 is 2.04 bits per heavy atom. The fourth-order valence-corrected chi connectivity index (χ4v) is 3.22. The molecule has 0 saturated carbocycles. The molecule has 1 aliphatic heterocycles. The Morgan fingerprint density at radius 1 is 1.29 bits per heavy atom. The van der Waals surface area contributed by atoms with E-state index in [0.29, 0.717) is 26.0 Å². The molecule has 0 N–H and O–H groups in total. The van der Waals surface area contributed by atoms with Crippen LogP contribution < -0.4 is 0 Å². The highest BCUT2D eigenvalue weighted by molar-refractivity contribution is 5.76. The average Bonchev–Trinajstić information content (AvgIpc) is 2.90. The molecule has 1 amide bonds. The third-order valence-electron chi connectivity index (χ3n) is 4.71. The summed E-state index contributed by atoms with van der Waals surface area (Å²) in [6.45, 7) is 5.04. The van der Waals surface area contributed by atoms with Crippen LogP contribution in [-0.2, 0) is 29.0 Å². The molecule has 0 spiro atoms. The van der Waals surface area contributed by atoms with E-state index in [9.17, 15) is 4.79 Å². The van der Waals surface area contributed by atoms with Crippen LogP contribution in [0.25, 0.3) is 0 Å². The predicted molar refractivity (Wildman–Crippen MR) is 90.7 cm³/mol. The monoisotopic (exact) mass is 328 g/mol. The minimum absolute atomic E-state index is 0.0629. The topological polar surface area (TPSA) is 55.6 Å². The molecular formula is C19H24N2O3. The van der Waals surface area contributed by atoms with Crippen LogP contribution in [0.4, 0.5) is 0 Å². The summed E-state index contributed by atoms with van der Waals surface area (Å²) in [6, 6.07) is 8.33. The van der Waals surface area contributed by atoms with E-state index in [4.69, 9.17) is 9.26 Å². The zero-order chi connectivity index (χ0) is 17.1. The van der Waals surface area contributed by atoms with Crippen LogP contribution in [0.2, 0.25) is 0 Å². The highest BCUT2D eigenvalue weighted by atomic mass is 16.5. The number of rotatable bonds is 5. The van der Waals surface area contributed by atoms with Gasteiger partial charge in [-0.05, 0) is 31.4 Å². The summed E-state index contributed by atoms with van der Waals surface area (Å²) < 4.78 is 11.0. The summed E-state index contributed by atoms with van der Waals surface area (Å²) in [6.07, 6.45) is 2.05. The fraction of sp³-hybridized carbons (Fsp3) is 0.474. The molecule has 0 fully saturated rings. The molecule has 0 radical (unpaired) electrons. The molecule has 2 aromatic rings. The number of hydrogen-bond acceptors (Lipinski definition) is 4. The lowest BCUT2D eigenvalue weighted by molar-refractivity contribution is -0.132. The van der Waals surface area contributed by atoms with Gasteiger partial charge in [0.25, 0.3) is 0 Å². The molecule has 0 saturated heterocycles. The van der Waals surface area contributed by atoms with Crippen molar-refractivity contribution in [2.24, 2.45) is 0 Å². The highest BCUT2D eigenvalue weighted by Gasteiger charge is 2.22. The third kappa shape index (κ3) is 3.67. The lowest BCUT2D eigenvalue weighted by Crippen LogP contribution is -2.38. The second-order valence-corrected chi connectivity index (χ2v) is 6.48. The van der Waals surface area contributed by atoms with E-state index in [1.807, 2.05) is 27.0 Å². The first-order valence-electron chi connectivity index (χ1n) is 8.38. The minimum atomic E-state index is 0.0629. The zero-order valence-electron chi connectivity index (χ0n) is 14.5. The molecule has 24 heavy (non-hydrogen) atoms. The number of fused-ring (bicyclic) bond motifs is 1. The van der Waals surface area contributed by atoms with E-state index < -0.39 is 0 Å². The molecule has 1 unspecified atom stereocenters. The van der Waals surface area contributed by atoms with Crippen LogP contribution in [0.3, 0.4) is 0 Å². The van der Waals surface area contributed by atoms with E-state index in [1.165, 1.54) is 11.1 Å². The first-order chi connectivity index (χ1) is 11.5. The van der Waals surface area contributed by atoms with Crippen LogP contribution in [0.15, 0.2) is 28.8 Å². The van der Waals surface area contributed by atoms with Gasteiger partial charge in [0.1, 0.15) is 5.76 Å². The van der Waals surface area contributed by atoms with Gasteiger partial charge >= 0.3 is 0 Å². The molecule has 1 aromatic heterocycles. The number of hydrogen-bond donors (Lipinski definition) is 0. The quantitative estimate of drug-likeness (QED) is 0.847. The molecule has 0 bridgehead atoms. The number of aromatic nitrogens is 1. The van der Waals surface area contributed by atoms with Gasteiger partial charge in [-0.1, -0.05) is 29.4 Å². The van der Waals surface area contributed by atoms with E-state index >= 15 is 0 Å². The van der Waals surface area contributed by atoms with Crippen molar-refractivity contribution in [1.29, 1.82) is 0 Å². The maximum absolute atomic E-state index is 12.4. The fourth-order valence-electron chi connectivity index (χ4n) is 3.22. The Morgan fingerprint density at radius 3 is 2.75 bits per heavy atom. The van der Waals surface area contributed by atoms with E-state index in [2.05, 4.69) is 23.4 Å². The van der Waals surface area contributed by atoms with E-state index in [1.54, 1.807) is 4.90 Å². The number of aryl methyl sites for hydroxylation is 2. The number of carbonyl (C=O) groups is 1. The van der Waals surface area contributed by atoms with E-state index in [-0.39, 0.29) is 12.0 Å². The molecule has 0 aliphatic carbocycles. The first-order valence-corrected chi connectivity index (χ1v) is 8.38. The molecule has 5 heteroatoms. The second-order valence-electron chi connectivity index (χ2n) is 6.48. The van der Waals surface area contributed by atoms with Crippen molar-refractivity contribution in [2.45, 2.75) is 45.8 Å². The van der Waals surface area contributed by atoms with Crippen molar-refractivity contribution < 1.29 is 14.1 Å². The summed E-state index contributed by atoms with van der Waals surface area (Å²) in [7, 11) is 1.85. The molecular weight excluding hydrogens is 304 g/mol. The van der Waals surface area contributed by atoms with Gasteiger partial charge in [-0.15, -0.1) is 0 Å². The van der Waals surface area contributed by atoms with Crippen LogP contribution >= 0.6 is 0 Å². The Bertz CT molecular complexity index is 704. The summed E-state index contributed by atoms with van der Waals surface area (Å²) in [5, 5.41) is 3.93. The smallest absolute Gasteiger partial charge is 0.222 e. The molecule has 128 valence electrons. The molecule has 3 rings (SSSR count). The number of carbonyl (C=O) groups excluding carboxylic acids is 1. The van der Waals surface area contributed by atoms with Crippen LogP contribution in [0.5, 0.6) is 0 Å². The van der Waals surface area contributed by atoms with Gasteiger partial charge in [-0.2, -0.15) is 0 Å². The van der Waals surface area contributed by atoms with Crippen molar-refractivity contribution >= 4 is 5.91 Å². The lowest BCUT2D eigenvalue weighted by Gasteiger charge is -2.29. The van der Waals surface area contributed by atoms with Gasteiger partial charge in [0.2, 0.25) is 5.91 Å². The van der Waals surface area contributed by atoms with Gasteiger partial charge < -0.3 is 14.2 Å². The Kier molecular flexibility index (Phi) is 5.00. The average molecular weight is 328 g/mol. The Hall–Kier alpha value is -2.14. The van der Waals surface area contributed by atoms with E-state index in [0.717, 1.165) is 23.4 Å². The summed E-state index contributed by atoms with van der Waals surface area (Å²) >= 11 is 0. The van der Waals surface area contributed by atoms with Gasteiger partial charge in [0, 0.05) is 32.0 Å². The minimum Gasteiger partial charge on any atom is -0.371 e. The normalized spacial score (nSPS) is 16.7. The van der Waals surface area contributed by atoms with Crippen LogP contribution in [-0.4, -0.2) is 35.7 Å². The van der Waals surface area contributed by atoms with Crippen molar-refractivity contribution in [3.05, 3.63) is 52.4 Å². The summed E-state index contributed by atoms with van der Waals surface area (Å²) in [4.78, 5) is 14.2. The molecule has 1 aliphatic rings.